The van der Waals surface area contributed by atoms with Crippen LogP contribution in [0.1, 0.15) is 28.5 Å². The van der Waals surface area contributed by atoms with Crippen LogP contribution in [0.2, 0.25) is 0 Å². The number of para-hydroxylation sites is 2. The lowest BCUT2D eigenvalue weighted by Crippen LogP contribution is -2.14. The number of nitrogens with zero attached hydrogens (tertiary/aromatic N) is 2. The average Bonchev–Trinajstić information content (AvgIpc) is 2.63. The first-order chi connectivity index (χ1) is 13.0. The zero-order valence-electron chi connectivity index (χ0n) is 15.6. The van der Waals surface area contributed by atoms with Gasteiger partial charge in [-0.25, -0.2) is 9.97 Å². The molecular weight excluding hydrogens is 340 g/mol. The molecular formula is C21H22N4O2. The van der Waals surface area contributed by atoms with Crippen molar-refractivity contribution in [2.24, 2.45) is 0 Å². The molecule has 1 amide bonds. The van der Waals surface area contributed by atoms with E-state index in [1.165, 1.54) is 6.33 Å². The lowest BCUT2D eigenvalue weighted by Gasteiger charge is -2.12. The molecule has 6 heteroatoms. The molecule has 27 heavy (non-hydrogen) atoms. The Morgan fingerprint density at radius 3 is 2.52 bits per heavy atom. The summed E-state index contributed by atoms with van der Waals surface area (Å²) in [4.78, 5) is 20.8. The van der Waals surface area contributed by atoms with Crippen LogP contribution in [0.25, 0.3) is 0 Å². The number of aromatic nitrogens is 2. The molecule has 2 N–H and O–H groups in total. The third-order valence-corrected chi connectivity index (χ3v) is 3.83. The number of hydrogen-bond donors (Lipinski definition) is 2. The van der Waals surface area contributed by atoms with Crippen LogP contribution in [0.4, 0.5) is 17.2 Å². The predicted octanol–water partition coefficient (Wildman–Crippen LogP) is 4.49. The van der Waals surface area contributed by atoms with Crippen molar-refractivity contribution in [3.8, 4) is 5.75 Å². The van der Waals surface area contributed by atoms with Crippen LogP contribution in [0.5, 0.6) is 5.75 Å². The smallest absolute Gasteiger partial charge is 0.274 e. The first kappa shape index (κ1) is 18.4. The molecule has 1 aromatic heterocycles. The number of aryl methyl sites for hydroxylation is 2. The van der Waals surface area contributed by atoms with Gasteiger partial charge in [0.1, 0.15) is 23.6 Å². The van der Waals surface area contributed by atoms with Gasteiger partial charge < -0.3 is 15.4 Å². The van der Waals surface area contributed by atoms with E-state index in [1.807, 2.05) is 57.2 Å². The minimum atomic E-state index is -0.288. The quantitative estimate of drug-likeness (QED) is 0.676. The monoisotopic (exact) mass is 362 g/mol. The second-order valence-electron chi connectivity index (χ2n) is 6.17. The van der Waals surface area contributed by atoms with Gasteiger partial charge in [-0.2, -0.15) is 0 Å². The predicted molar refractivity (Wildman–Crippen MR) is 107 cm³/mol. The van der Waals surface area contributed by atoms with Gasteiger partial charge in [0.05, 0.1) is 12.3 Å². The van der Waals surface area contributed by atoms with Crippen LogP contribution in [-0.4, -0.2) is 22.5 Å². The van der Waals surface area contributed by atoms with Crippen molar-refractivity contribution in [3.63, 3.8) is 0 Å². The molecule has 3 rings (SSSR count). The molecule has 0 aliphatic rings. The Kier molecular flexibility index (Phi) is 5.66. The largest absolute Gasteiger partial charge is 0.492 e. The maximum absolute atomic E-state index is 12.6. The SMILES string of the molecule is CCOc1ccccc1Nc1cc(C(=O)Nc2cc(C)cc(C)c2)ncn1. The number of nitrogens with one attached hydrogen (secondary N) is 2. The highest BCUT2D eigenvalue weighted by molar-refractivity contribution is 6.03. The topological polar surface area (TPSA) is 76.1 Å². The maximum Gasteiger partial charge on any atom is 0.274 e. The molecule has 0 aliphatic heterocycles. The van der Waals surface area contributed by atoms with Gasteiger partial charge in [0.25, 0.3) is 5.91 Å². The molecule has 6 nitrogen and oxygen atoms in total. The molecule has 0 spiro atoms. The lowest BCUT2D eigenvalue weighted by atomic mass is 10.1. The summed E-state index contributed by atoms with van der Waals surface area (Å²) >= 11 is 0. The van der Waals surface area contributed by atoms with Crippen molar-refractivity contribution in [3.05, 3.63) is 71.7 Å². The highest BCUT2D eigenvalue weighted by Gasteiger charge is 2.11. The number of benzene rings is 2. The van der Waals surface area contributed by atoms with Gasteiger partial charge in [-0.1, -0.05) is 18.2 Å². The minimum absolute atomic E-state index is 0.278. The fraction of sp³-hybridized carbons (Fsp3) is 0.190. The van der Waals surface area contributed by atoms with Crippen molar-refractivity contribution in [1.29, 1.82) is 0 Å². The van der Waals surface area contributed by atoms with E-state index in [4.69, 9.17) is 4.74 Å². The Morgan fingerprint density at radius 1 is 1.04 bits per heavy atom. The summed E-state index contributed by atoms with van der Waals surface area (Å²) in [7, 11) is 0. The van der Waals surface area contributed by atoms with Gasteiger partial charge in [0.15, 0.2) is 0 Å². The second kappa shape index (κ2) is 8.31. The van der Waals surface area contributed by atoms with Gasteiger partial charge in [-0.05, 0) is 56.2 Å². The third kappa shape index (κ3) is 4.82. The lowest BCUT2D eigenvalue weighted by molar-refractivity contribution is 0.102. The molecule has 0 saturated carbocycles. The van der Waals surface area contributed by atoms with E-state index in [1.54, 1.807) is 6.07 Å². The minimum Gasteiger partial charge on any atom is -0.492 e. The fourth-order valence-electron chi connectivity index (χ4n) is 2.78. The molecule has 2 aromatic carbocycles. The fourth-order valence-corrected chi connectivity index (χ4v) is 2.78. The maximum atomic E-state index is 12.6. The average molecular weight is 362 g/mol. The molecule has 0 aliphatic carbocycles. The zero-order valence-corrected chi connectivity index (χ0v) is 15.6. The van der Waals surface area contributed by atoms with Gasteiger partial charge in [-0.15, -0.1) is 0 Å². The molecule has 1 heterocycles. The number of carbonyl (C=O) groups is 1. The Balaban J connectivity index is 1.78. The van der Waals surface area contributed by atoms with Gasteiger partial charge in [0, 0.05) is 11.8 Å². The summed E-state index contributed by atoms with van der Waals surface area (Å²) in [6.45, 7) is 6.47. The molecule has 0 radical (unpaired) electrons. The van der Waals surface area contributed by atoms with Crippen LogP contribution in [0, 0.1) is 13.8 Å². The third-order valence-electron chi connectivity index (χ3n) is 3.83. The normalized spacial score (nSPS) is 10.3. The number of anilines is 3. The Morgan fingerprint density at radius 2 is 1.78 bits per heavy atom. The Labute approximate surface area is 158 Å². The number of hydrogen-bond acceptors (Lipinski definition) is 5. The number of rotatable bonds is 6. The Hall–Kier alpha value is -3.41. The van der Waals surface area contributed by atoms with E-state index in [0.717, 1.165) is 28.3 Å². The van der Waals surface area contributed by atoms with Gasteiger partial charge >= 0.3 is 0 Å². The number of ether oxygens (including phenoxy) is 1. The van der Waals surface area contributed by atoms with Crippen LogP contribution in [-0.2, 0) is 0 Å². The Bertz CT molecular complexity index is 936. The zero-order chi connectivity index (χ0) is 19.2. The van der Waals surface area contributed by atoms with E-state index in [2.05, 4.69) is 26.7 Å². The van der Waals surface area contributed by atoms with E-state index in [-0.39, 0.29) is 11.6 Å². The first-order valence-corrected chi connectivity index (χ1v) is 8.75. The van der Waals surface area contributed by atoms with E-state index >= 15 is 0 Å². The molecule has 0 unspecified atom stereocenters. The summed E-state index contributed by atoms with van der Waals surface area (Å²) in [5.74, 6) is 0.950. The number of carbonyl (C=O) groups excluding carboxylic acids is 1. The highest BCUT2D eigenvalue weighted by Crippen LogP contribution is 2.26. The summed E-state index contributed by atoms with van der Waals surface area (Å²) in [6.07, 6.45) is 1.36. The van der Waals surface area contributed by atoms with Crippen molar-refractivity contribution in [1.82, 2.24) is 9.97 Å². The number of amides is 1. The van der Waals surface area contributed by atoms with Crippen molar-refractivity contribution < 1.29 is 9.53 Å². The van der Waals surface area contributed by atoms with E-state index in [0.29, 0.717) is 12.4 Å². The second-order valence-corrected chi connectivity index (χ2v) is 6.17. The van der Waals surface area contributed by atoms with Crippen molar-refractivity contribution in [2.75, 3.05) is 17.2 Å². The molecule has 138 valence electrons. The molecule has 0 saturated heterocycles. The van der Waals surface area contributed by atoms with Crippen LogP contribution < -0.4 is 15.4 Å². The highest BCUT2D eigenvalue weighted by atomic mass is 16.5. The standard InChI is InChI=1S/C21H22N4O2/c1-4-27-19-8-6-5-7-17(19)25-20-12-18(22-13-23-20)21(26)24-16-10-14(2)9-15(3)11-16/h5-13H,4H2,1-3H3,(H,24,26)(H,22,23,25). The first-order valence-electron chi connectivity index (χ1n) is 8.75. The molecule has 0 atom stereocenters. The summed E-state index contributed by atoms with van der Waals surface area (Å²) in [6, 6.07) is 15.1. The molecule has 0 fully saturated rings. The van der Waals surface area contributed by atoms with Crippen molar-refractivity contribution in [2.45, 2.75) is 20.8 Å². The molecule has 3 aromatic rings. The van der Waals surface area contributed by atoms with Crippen LogP contribution in [0.3, 0.4) is 0 Å². The summed E-state index contributed by atoms with van der Waals surface area (Å²) < 4.78 is 5.60. The van der Waals surface area contributed by atoms with Gasteiger partial charge in [0.2, 0.25) is 0 Å². The van der Waals surface area contributed by atoms with Crippen LogP contribution in [0.15, 0.2) is 54.9 Å². The van der Waals surface area contributed by atoms with Crippen LogP contribution >= 0.6 is 0 Å². The summed E-state index contributed by atoms with van der Waals surface area (Å²) in [5.41, 5.74) is 3.97. The summed E-state index contributed by atoms with van der Waals surface area (Å²) in [5, 5.41) is 6.06. The molecule has 0 bridgehead atoms. The van der Waals surface area contributed by atoms with Crippen molar-refractivity contribution >= 4 is 23.1 Å². The van der Waals surface area contributed by atoms with E-state index < -0.39 is 0 Å². The van der Waals surface area contributed by atoms with Gasteiger partial charge in [-0.3, -0.25) is 4.79 Å². The van der Waals surface area contributed by atoms with E-state index in [9.17, 15) is 4.79 Å².